The minimum Gasteiger partial charge on any atom is -0.388 e. The first kappa shape index (κ1) is 9.79. The van der Waals surface area contributed by atoms with Gasteiger partial charge >= 0.3 is 0 Å². The third-order valence-electron chi connectivity index (χ3n) is 2.06. The summed E-state index contributed by atoms with van der Waals surface area (Å²) in [5.41, 5.74) is 0.739. The Morgan fingerprint density at radius 2 is 2.27 bits per heavy atom. The molecule has 2 aromatic rings. The highest BCUT2D eigenvalue weighted by atomic mass is 19.1. The van der Waals surface area contributed by atoms with Gasteiger partial charge in [-0.2, -0.15) is 0 Å². The molecule has 0 fully saturated rings. The molecule has 2 rings (SSSR count). The molecule has 0 saturated heterocycles. The molecular formula is C10H10FN3O. The van der Waals surface area contributed by atoms with Crippen molar-refractivity contribution in [1.29, 1.82) is 0 Å². The lowest BCUT2D eigenvalue weighted by Crippen LogP contribution is -2.04. The largest absolute Gasteiger partial charge is 0.388 e. The van der Waals surface area contributed by atoms with Crippen LogP contribution in [0.2, 0.25) is 0 Å². The zero-order valence-corrected chi connectivity index (χ0v) is 7.97. The van der Waals surface area contributed by atoms with Crippen LogP contribution in [0, 0.1) is 5.82 Å². The normalized spacial score (nSPS) is 10.5. The monoisotopic (exact) mass is 207 g/mol. The van der Waals surface area contributed by atoms with Crippen LogP contribution in [-0.4, -0.2) is 19.6 Å². The number of hydrogen-bond donors (Lipinski definition) is 1. The van der Waals surface area contributed by atoms with Gasteiger partial charge in [-0.15, -0.1) is 0 Å². The smallest absolute Gasteiger partial charge is 0.141 e. The predicted molar refractivity (Wildman–Crippen MR) is 51.4 cm³/mol. The maximum absolute atomic E-state index is 12.8. The molecule has 4 nitrogen and oxygen atoms in total. The van der Waals surface area contributed by atoms with Crippen molar-refractivity contribution < 1.29 is 9.50 Å². The van der Waals surface area contributed by atoms with E-state index < -0.39 is 0 Å². The van der Waals surface area contributed by atoms with Crippen LogP contribution < -0.4 is 0 Å². The molecule has 0 saturated carbocycles. The molecule has 0 radical (unpaired) electrons. The van der Waals surface area contributed by atoms with Crippen LogP contribution in [0.3, 0.4) is 0 Å². The fourth-order valence-electron chi connectivity index (χ4n) is 1.37. The SMILES string of the molecule is OCc1nccn1Cc1cncc(F)c1. The molecule has 1 N–H and O–H groups in total. The number of imidazole rings is 1. The van der Waals surface area contributed by atoms with E-state index in [4.69, 9.17) is 5.11 Å². The Hall–Kier alpha value is -1.75. The first-order valence-corrected chi connectivity index (χ1v) is 4.50. The lowest BCUT2D eigenvalue weighted by molar-refractivity contribution is 0.266. The van der Waals surface area contributed by atoms with Crippen molar-refractivity contribution in [1.82, 2.24) is 14.5 Å². The molecular weight excluding hydrogens is 197 g/mol. The summed E-state index contributed by atoms with van der Waals surface area (Å²) in [4.78, 5) is 7.70. The standard InChI is InChI=1S/C10H10FN3O/c11-9-3-8(4-12-5-9)6-14-2-1-13-10(14)7-15/h1-5,15H,6-7H2. The molecule has 0 amide bonds. The molecule has 78 valence electrons. The Bertz CT molecular complexity index is 455. The van der Waals surface area contributed by atoms with Crippen molar-refractivity contribution in [3.8, 4) is 0 Å². The van der Waals surface area contributed by atoms with Gasteiger partial charge in [0.2, 0.25) is 0 Å². The number of pyridine rings is 1. The van der Waals surface area contributed by atoms with Gasteiger partial charge in [-0.05, 0) is 11.6 Å². The second-order valence-electron chi connectivity index (χ2n) is 3.14. The number of aliphatic hydroxyl groups excluding tert-OH is 1. The molecule has 0 spiro atoms. The molecule has 2 heterocycles. The average molecular weight is 207 g/mol. The quantitative estimate of drug-likeness (QED) is 0.815. The van der Waals surface area contributed by atoms with Crippen LogP contribution in [0.25, 0.3) is 0 Å². The molecule has 0 aliphatic carbocycles. The Kier molecular flexibility index (Phi) is 2.73. The molecule has 5 heteroatoms. The van der Waals surface area contributed by atoms with Crippen LogP contribution in [0.5, 0.6) is 0 Å². The summed E-state index contributed by atoms with van der Waals surface area (Å²) < 4.78 is 14.6. The van der Waals surface area contributed by atoms with Gasteiger partial charge in [0.05, 0.1) is 12.7 Å². The molecule has 0 unspecified atom stereocenters. The maximum Gasteiger partial charge on any atom is 0.141 e. The minimum atomic E-state index is -0.363. The number of aliphatic hydroxyl groups is 1. The van der Waals surface area contributed by atoms with Gasteiger partial charge in [-0.3, -0.25) is 4.98 Å². The van der Waals surface area contributed by atoms with Crippen molar-refractivity contribution >= 4 is 0 Å². The van der Waals surface area contributed by atoms with E-state index in [-0.39, 0.29) is 12.4 Å². The zero-order chi connectivity index (χ0) is 10.7. The molecule has 0 aromatic carbocycles. The summed E-state index contributed by atoms with van der Waals surface area (Å²) in [5.74, 6) is 0.192. The second-order valence-corrected chi connectivity index (χ2v) is 3.14. The second kappa shape index (κ2) is 4.18. The summed E-state index contributed by atoms with van der Waals surface area (Å²) in [6.07, 6.45) is 6.07. The Labute approximate surface area is 86.0 Å². The summed E-state index contributed by atoms with van der Waals surface area (Å²) in [5, 5.41) is 8.97. The number of nitrogens with zero attached hydrogens (tertiary/aromatic N) is 3. The van der Waals surface area contributed by atoms with Gasteiger partial charge in [0.25, 0.3) is 0 Å². The molecule has 0 aliphatic heterocycles. The van der Waals surface area contributed by atoms with Gasteiger partial charge in [-0.25, -0.2) is 9.37 Å². The van der Waals surface area contributed by atoms with Crippen LogP contribution in [-0.2, 0) is 13.2 Å². The molecule has 0 aliphatic rings. The van der Waals surface area contributed by atoms with Crippen molar-refractivity contribution in [3.63, 3.8) is 0 Å². The number of rotatable bonds is 3. The van der Waals surface area contributed by atoms with E-state index in [1.807, 2.05) is 0 Å². The highest BCUT2D eigenvalue weighted by molar-refractivity contribution is 5.11. The maximum atomic E-state index is 12.8. The predicted octanol–water partition coefficient (Wildman–Crippen LogP) is 0.958. The van der Waals surface area contributed by atoms with Crippen molar-refractivity contribution in [2.24, 2.45) is 0 Å². The molecule has 0 atom stereocenters. The molecule has 0 bridgehead atoms. The van der Waals surface area contributed by atoms with Crippen molar-refractivity contribution in [3.05, 3.63) is 48.1 Å². The summed E-state index contributed by atoms with van der Waals surface area (Å²) in [7, 11) is 0. The van der Waals surface area contributed by atoms with Crippen LogP contribution in [0.1, 0.15) is 11.4 Å². The minimum absolute atomic E-state index is 0.129. The van der Waals surface area contributed by atoms with Crippen LogP contribution in [0.15, 0.2) is 30.9 Å². The van der Waals surface area contributed by atoms with Crippen molar-refractivity contribution in [2.45, 2.75) is 13.2 Å². The fourth-order valence-corrected chi connectivity index (χ4v) is 1.37. The van der Waals surface area contributed by atoms with E-state index >= 15 is 0 Å². The Morgan fingerprint density at radius 3 is 3.00 bits per heavy atom. The Balaban J connectivity index is 2.22. The van der Waals surface area contributed by atoms with E-state index in [9.17, 15) is 4.39 Å². The van der Waals surface area contributed by atoms with Crippen LogP contribution in [0.4, 0.5) is 4.39 Å². The first-order chi connectivity index (χ1) is 7.29. The van der Waals surface area contributed by atoms with Crippen LogP contribution >= 0.6 is 0 Å². The van der Waals surface area contributed by atoms with E-state index in [1.54, 1.807) is 23.2 Å². The third kappa shape index (κ3) is 2.19. The van der Waals surface area contributed by atoms with Gasteiger partial charge in [0.15, 0.2) is 0 Å². The summed E-state index contributed by atoms with van der Waals surface area (Å²) in [6, 6.07) is 1.41. The molecule has 15 heavy (non-hydrogen) atoms. The van der Waals surface area contributed by atoms with E-state index in [1.165, 1.54) is 6.07 Å². The lowest BCUT2D eigenvalue weighted by atomic mass is 10.3. The summed E-state index contributed by atoms with van der Waals surface area (Å²) in [6.45, 7) is 0.330. The summed E-state index contributed by atoms with van der Waals surface area (Å²) >= 11 is 0. The van der Waals surface area contributed by atoms with Crippen molar-refractivity contribution in [2.75, 3.05) is 0 Å². The van der Waals surface area contributed by atoms with Gasteiger partial charge < -0.3 is 9.67 Å². The van der Waals surface area contributed by atoms with E-state index in [2.05, 4.69) is 9.97 Å². The lowest BCUT2D eigenvalue weighted by Gasteiger charge is -2.05. The number of halogens is 1. The highest BCUT2D eigenvalue weighted by Crippen LogP contribution is 2.06. The molecule has 2 aromatic heterocycles. The Morgan fingerprint density at radius 1 is 1.40 bits per heavy atom. The highest BCUT2D eigenvalue weighted by Gasteiger charge is 2.02. The fraction of sp³-hybridized carbons (Fsp3) is 0.200. The topological polar surface area (TPSA) is 50.9 Å². The first-order valence-electron chi connectivity index (χ1n) is 4.50. The van der Waals surface area contributed by atoms with Gasteiger partial charge in [-0.1, -0.05) is 0 Å². The van der Waals surface area contributed by atoms with Gasteiger partial charge in [0.1, 0.15) is 18.2 Å². The third-order valence-corrected chi connectivity index (χ3v) is 2.06. The van der Waals surface area contributed by atoms with E-state index in [0.717, 1.165) is 11.8 Å². The average Bonchev–Trinajstić information content (AvgIpc) is 2.65. The zero-order valence-electron chi connectivity index (χ0n) is 7.97. The van der Waals surface area contributed by atoms with E-state index in [0.29, 0.717) is 12.4 Å². The number of aromatic nitrogens is 3. The van der Waals surface area contributed by atoms with Gasteiger partial charge in [0, 0.05) is 18.6 Å². The number of hydrogen-bond acceptors (Lipinski definition) is 3.